The van der Waals surface area contributed by atoms with Gasteiger partial charge in [-0.15, -0.1) is 0 Å². The Balaban J connectivity index is 3.12. The van der Waals surface area contributed by atoms with Gasteiger partial charge in [0.15, 0.2) is 5.60 Å². The van der Waals surface area contributed by atoms with E-state index in [1.807, 2.05) is 55.4 Å². The van der Waals surface area contributed by atoms with Gasteiger partial charge in [-0.3, -0.25) is 0 Å². The smallest absolute Gasteiger partial charge is 0.342 e. The molecule has 5 nitrogen and oxygen atoms in total. The molecule has 1 heterocycles. The van der Waals surface area contributed by atoms with Gasteiger partial charge < -0.3 is 9.47 Å². The Morgan fingerprint density at radius 1 is 0.931 bits per heavy atom. The minimum absolute atomic E-state index is 0.384. The molecule has 1 rings (SSSR count). The molecule has 0 spiro atoms. The first-order valence-electron chi connectivity index (χ1n) is 11.2. The van der Waals surface area contributed by atoms with Crippen molar-refractivity contribution in [1.29, 1.82) is 0 Å². The molecule has 172 valence electrons. The summed E-state index contributed by atoms with van der Waals surface area (Å²) >= 11 is 0. The number of unbranched alkanes of at least 4 members (excludes halogenated alkanes) is 5. The van der Waals surface area contributed by atoms with Crippen LogP contribution in [0.1, 0.15) is 114 Å². The molecule has 0 amide bonds. The molecule has 0 aromatic heterocycles. The summed E-state index contributed by atoms with van der Waals surface area (Å²) in [5.74, 6) is -1.42. The van der Waals surface area contributed by atoms with Gasteiger partial charge >= 0.3 is 5.97 Å². The molecule has 1 aliphatic heterocycles. The highest BCUT2D eigenvalue weighted by Gasteiger charge is 2.65. The van der Waals surface area contributed by atoms with E-state index < -0.39 is 32.7 Å². The fraction of sp³-hybridized carbons (Fsp3) is 0.957. The van der Waals surface area contributed by atoms with Crippen molar-refractivity contribution in [3.63, 3.8) is 0 Å². The summed E-state index contributed by atoms with van der Waals surface area (Å²) in [6, 6.07) is 0. The maximum absolute atomic E-state index is 13.1. The van der Waals surface area contributed by atoms with E-state index in [0.717, 1.165) is 12.8 Å². The van der Waals surface area contributed by atoms with Crippen molar-refractivity contribution in [3.8, 4) is 0 Å². The molecule has 1 unspecified atom stereocenters. The average Bonchev–Trinajstić information content (AvgIpc) is 2.81. The van der Waals surface area contributed by atoms with Crippen LogP contribution in [0.4, 0.5) is 0 Å². The second kappa shape index (κ2) is 9.35. The van der Waals surface area contributed by atoms with Gasteiger partial charge in [0.25, 0.3) is 0 Å². The fourth-order valence-electron chi connectivity index (χ4n) is 3.37. The van der Waals surface area contributed by atoms with Gasteiger partial charge in [0.1, 0.15) is 0 Å². The van der Waals surface area contributed by atoms with E-state index in [9.17, 15) is 9.00 Å². The molecular formula is C23H45NO4S. The van der Waals surface area contributed by atoms with Crippen LogP contribution in [0.15, 0.2) is 0 Å². The lowest BCUT2D eigenvalue weighted by Gasteiger charge is -2.44. The topological polar surface area (TPSA) is 64.6 Å². The average molecular weight is 432 g/mol. The number of esters is 1. The zero-order valence-electron chi connectivity index (χ0n) is 20.5. The third kappa shape index (κ3) is 6.04. The number of rotatable bonds is 10. The Morgan fingerprint density at radius 2 is 1.45 bits per heavy atom. The van der Waals surface area contributed by atoms with Crippen molar-refractivity contribution in [1.82, 2.24) is 4.72 Å². The molecular weight excluding hydrogens is 386 g/mol. The van der Waals surface area contributed by atoms with Crippen LogP contribution in [0.3, 0.4) is 0 Å². The molecule has 0 saturated carbocycles. The number of hydrogen-bond acceptors (Lipinski definition) is 4. The van der Waals surface area contributed by atoms with Gasteiger partial charge in [0.2, 0.25) is 5.79 Å². The summed E-state index contributed by atoms with van der Waals surface area (Å²) in [6.45, 7) is 19.5. The van der Waals surface area contributed by atoms with Crippen LogP contribution in [-0.4, -0.2) is 31.9 Å². The number of cyclic esters (lactones) is 1. The summed E-state index contributed by atoms with van der Waals surface area (Å²) in [4.78, 5) is 13.1. The lowest BCUT2D eigenvalue weighted by Crippen LogP contribution is -2.65. The molecule has 0 aliphatic carbocycles. The Bertz CT molecular complexity index is 595. The largest absolute Gasteiger partial charge is 0.431 e. The lowest BCUT2D eigenvalue weighted by atomic mass is 9.79. The molecule has 0 bridgehead atoms. The first-order chi connectivity index (χ1) is 13.0. The van der Waals surface area contributed by atoms with Gasteiger partial charge in [0.05, 0.1) is 21.3 Å². The van der Waals surface area contributed by atoms with E-state index in [-0.39, 0.29) is 11.4 Å². The van der Waals surface area contributed by atoms with E-state index >= 15 is 0 Å². The van der Waals surface area contributed by atoms with Crippen molar-refractivity contribution >= 4 is 17.0 Å². The van der Waals surface area contributed by atoms with Crippen molar-refractivity contribution in [2.24, 2.45) is 5.41 Å². The zero-order chi connectivity index (χ0) is 22.7. The normalized spacial score (nSPS) is 28.8. The number of hydrogen-bond donors (Lipinski definition) is 1. The SMILES string of the molecule is CCCCCCCC[C@@](C)(NS(=O)C(C)(C)C)[C@@]1(C)O[C@](C)(C(C)(C)C)OC1=O. The number of carbonyl (C=O) groups excluding carboxylic acids is 1. The van der Waals surface area contributed by atoms with E-state index in [0.29, 0.717) is 6.42 Å². The minimum atomic E-state index is -1.34. The second-order valence-electron chi connectivity index (χ2n) is 11.1. The van der Waals surface area contributed by atoms with Gasteiger partial charge in [-0.2, -0.15) is 0 Å². The third-order valence-corrected chi connectivity index (χ3v) is 8.14. The fourth-order valence-corrected chi connectivity index (χ4v) is 4.39. The summed E-state index contributed by atoms with van der Waals surface area (Å²) < 4.78 is 28.1. The highest BCUT2D eigenvalue weighted by atomic mass is 32.2. The lowest BCUT2D eigenvalue weighted by molar-refractivity contribution is -0.238. The predicted molar refractivity (Wildman–Crippen MR) is 121 cm³/mol. The molecule has 1 fully saturated rings. The van der Waals surface area contributed by atoms with Crippen molar-refractivity contribution in [3.05, 3.63) is 0 Å². The van der Waals surface area contributed by atoms with Crippen LogP contribution in [0, 0.1) is 5.41 Å². The summed E-state index contributed by atoms with van der Waals surface area (Å²) in [7, 11) is -1.34. The molecule has 0 radical (unpaired) electrons. The maximum Gasteiger partial charge on any atom is 0.342 e. The number of nitrogens with one attached hydrogen (secondary N) is 1. The highest BCUT2D eigenvalue weighted by molar-refractivity contribution is 7.84. The Kier molecular flexibility index (Phi) is 8.57. The molecule has 6 heteroatoms. The van der Waals surface area contributed by atoms with Crippen LogP contribution in [0.5, 0.6) is 0 Å². The van der Waals surface area contributed by atoms with Gasteiger partial charge in [0, 0.05) is 12.3 Å². The molecule has 1 saturated heterocycles. The minimum Gasteiger partial charge on any atom is -0.431 e. The summed E-state index contributed by atoms with van der Waals surface area (Å²) in [5.41, 5.74) is -2.42. The second-order valence-corrected chi connectivity index (χ2v) is 13.0. The standard InChI is InChI=1S/C23H45NO4S/c1-11-12-13-14-15-16-17-21(8,24-29(26)20(5,6)7)22(9)18(25)27-23(10,28-22)19(2,3)4/h24H,11-17H2,1-10H3/t21-,22+,23-,29?/m1/s1. The van der Waals surface area contributed by atoms with Crippen molar-refractivity contribution < 1.29 is 18.5 Å². The van der Waals surface area contributed by atoms with Gasteiger partial charge in [-0.25, -0.2) is 13.7 Å². The van der Waals surface area contributed by atoms with E-state index in [2.05, 4.69) is 11.6 Å². The Hall–Kier alpha value is -0.460. The van der Waals surface area contributed by atoms with E-state index in [4.69, 9.17) is 9.47 Å². The van der Waals surface area contributed by atoms with Gasteiger partial charge in [-0.1, -0.05) is 66.2 Å². The quantitative estimate of drug-likeness (QED) is 0.359. The first kappa shape index (κ1) is 26.6. The maximum atomic E-state index is 13.1. The monoisotopic (exact) mass is 431 g/mol. The molecule has 1 aliphatic rings. The Labute approximate surface area is 181 Å². The Morgan fingerprint density at radius 3 is 1.90 bits per heavy atom. The predicted octanol–water partition coefficient (Wildman–Crippen LogP) is 5.64. The molecule has 0 aromatic carbocycles. The van der Waals surface area contributed by atoms with Crippen LogP contribution in [0.2, 0.25) is 0 Å². The van der Waals surface area contributed by atoms with Crippen LogP contribution < -0.4 is 4.72 Å². The molecule has 29 heavy (non-hydrogen) atoms. The number of ether oxygens (including phenoxy) is 2. The van der Waals surface area contributed by atoms with Crippen LogP contribution in [-0.2, 0) is 25.3 Å². The summed E-state index contributed by atoms with van der Waals surface area (Å²) in [6.07, 6.45) is 7.58. The zero-order valence-corrected chi connectivity index (χ0v) is 21.3. The van der Waals surface area contributed by atoms with E-state index in [1.54, 1.807) is 6.92 Å². The van der Waals surface area contributed by atoms with Crippen molar-refractivity contribution in [2.45, 2.75) is 136 Å². The molecule has 4 atom stereocenters. The van der Waals surface area contributed by atoms with Crippen LogP contribution in [0.25, 0.3) is 0 Å². The van der Waals surface area contributed by atoms with E-state index in [1.165, 1.54) is 25.7 Å². The molecule has 1 N–H and O–H groups in total. The van der Waals surface area contributed by atoms with Gasteiger partial charge in [-0.05, 0) is 41.0 Å². The first-order valence-corrected chi connectivity index (χ1v) is 12.3. The highest BCUT2D eigenvalue weighted by Crippen LogP contribution is 2.48. The van der Waals surface area contributed by atoms with Crippen LogP contribution >= 0.6 is 0 Å². The molecule has 0 aromatic rings. The third-order valence-electron chi connectivity index (χ3n) is 6.40. The van der Waals surface area contributed by atoms with Crippen molar-refractivity contribution in [2.75, 3.05) is 0 Å². The summed E-state index contributed by atoms with van der Waals surface area (Å²) in [5, 5.41) is 0. The number of carbonyl (C=O) groups is 1.